The second kappa shape index (κ2) is 17.4. The summed E-state index contributed by atoms with van der Waals surface area (Å²) in [5, 5.41) is 0. The van der Waals surface area contributed by atoms with Crippen molar-refractivity contribution in [1.29, 1.82) is 0 Å². The van der Waals surface area contributed by atoms with Gasteiger partial charge in [-0.15, -0.1) is 24.2 Å². The predicted molar refractivity (Wildman–Crippen MR) is 139 cm³/mol. The van der Waals surface area contributed by atoms with Crippen LogP contribution in [0.5, 0.6) is 0 Å². The predicted octanol–water partition coefficient (Wildman–Crippen LogP) is 6.46. The first-order valence-electron chi connectivity index (χ1n) is 9.68. The van der Waals surface area contributed by atoms with Gasteiger partial charge in [-0.2, -0.15) is 17.7 Å². The summed E-state index contributed by atoms with van der Waals surface area (Å²) < 4.78 is 15.9. The maximum atomic E-state index is 5.30. The first-order chi connectivity index (χ1) is 12.3. The third-order valence-electron chi connectivity index (χ3n) is 2.09. The van der Waals surface area contributed by atoms with Crippen LogP contribution in [-0.4, -0.2) is 54.4 Å². The Morgan fingerprint density at radius 2 is 0.828 bits per heavy atom. The molecule has 0 aliphatic carbocycles. The quantitative estimate of drug-likeness (QED) is 0.270. The summed E-state index contributed by atoms with van der Waals surface area (Å²) in [5.41, 5.74) is 1.19. The molecule has 0 atom stereocenters. The smallest absolute Gasteiger partial charge is 0.377 e. The van der Waals surface area contributed by atoms with Crippen LogP contribution in [0.1, 0.15) is 5.56 Å². The maximum absolute atomic E-state index is 5.30. The fraction of sp³-hybridized carbons (Fsp3) is 0.619. The van der Waals surface area contributed by atoms with Crippen LogP contribution >= 0.6 is 0 Å². The minimum absolute atomic E-state index is 0. The molecule has 0 saturated carbocycles. The molecule has 29 heavy (non-hydrogen) atoms. The molecular weight excluding hydrogens is 608 g/mol. The van der Waals surface area contributed by atoms with Crippen molar-refractivity contribution in [2.45, 2.75) is 65.0 Å². The summed E-state index contributed by atoms with van der Waals surface area (Å²) in [4.78, 5) is 0. The van der Waals surface area contributed by atoms with Crippen LogP contribution in [0.4, 0.5) is 0 Å². The summed E-state index contributed by atoms with van der Waals surface area (Å²) >= 11 is 0. The van der Waals surface area contributed by atoms with Crippen molar-refractivity contribution in [2.75, 3.05) is 21.3 Å². The largest absolute Gasteiger partial charge is 4.00 e. The SMILES string of the molecule is CO[Si](C[c-]1cccc1)(OC)OC.[CH2-][Si](C)(C)C.[CH2-][Si](C)(C)C.[CH2-][Si](C)(C)C.[Pt+4]. The minimum Gasteiger partial charge on any atom is -0.377 e. The summed E-state index contributed by atoms with van der Waals surface area (Å²) in [6.45, 7) is 31.7. The van der Waals surface area contributed by atoms with Crippen LogP contribution in [0.15, 0.2) is 24.3 Å². The molecule has 1 rings (SSSR count). The molecule has 0 heterocycles. The molecule has 176 valence electrons. The Morgan fingerprint density at radius 1 is 0.621 bits per heavy atom. The van der Waals surface area contributed by atoms with Crippen molar-refractivity contribution < 1.29 is 34.3 Å². The molecule has 1 aromatic rings. The Balaban J connectivity index is -0.000000164. The van der Waals surface area contributed by atoms with Gasteiger partial charge in [0.05, 0.1) is 0 Å². The second-order valence-electron chi connectivity index (χ2n) is 10.4. The molecular formula is C21H48O3PtSi4. The fourth-order valence-electron chi connectivity index (χ4n) is 1.25. The Bertz CT molecular complexity index is 403. The van der Waals surface area contributed by atoms with Crippen molar-refractivity contribution >= 4 is 33.0 Å². The second-order valence-corrected chi connectivity index (χ2v) is 28.8. The van der Waals surface area contributed by atoms with E-state index in [-0.39, 0.29) is 21.1 Å². The third-order valence-corrected chi connectivity index (χ3v) is 4.79. The molecule has 0 radical (unpaired) electrons. The summed E-state index contributed by atoms with van der Waals surface area (Å²) in [7, 11) is -0.124. The fourth-order valence-corrected chi connectivity index (χ4v) is 2.92. The van der Waals surface area contributed by atoms with Gasteiger partial charge < -0.3 is 32.9 Å². The van der Waals surface area contributed by atoms with E-state index in [0.717, 1.165) is 6.04 Å². The summed E-state index contributed by atoms with van der Waals surface area (Å²) in [6.07, 6.45) is 0. The molecule has 0 aliphatic heterocycles. The summed E-state index contributed by atoms with van der Waals surface area (Å²) in [5.74, 6) is 0. The molecule has 0 aromatic heterocycles. The Hall–Kier alpha value is 0.786. The first kappa shape index (κ1) is 37.1. The van der Waals surface area contributed by atoms with E-state index < -0.39 is 33.0 Å². The van der Waals surface area contributed by atoms with Crippen molar-refractivity contribution in [3.63, 3.8) is 0 Å². The molecule has 0 bridgehead atoms. The molecule has 0 amide bonds. The van der Waals surface area contributed by atoms with Gasteiger partial charge in [-0.3, -0.25) is 0 Å². The van der Waals surface area contributed by atoms with Crippen molar-refractivity contribution in [3.05, 3.63) is 49.5 Å². The van der Waals surface area contributed by atoms with E-state index in [1.165, 1.54) is 5.56 Å². The number of hydrogen-bond acceptors (Lipinski definition) is 3. The van der Waals surface area contributed by atoms with Gasteiger partial charge in [0.2, 0.25) is 0 Å². The van der Waals surface area contributed by atoms with Crippen LogP contribution < -0.4 is 0 Å². The molecule has 0 aliphatic rings. The zero-order valence-electron chi connectivity index (χ0n) is 21.2. The molecule has 0 fully saturated rings. The topological polar surface area (TPSA) is 27.7 Å². The van der Waals surface area contributed by atoms with Crippen LogP contribution in [0.2, 0.25) is 58.9 Å². The van der Waals surface area contributed by atoms with E-state index in [2.05, 4.69) is 78.6 Å². The van der Waals surface area contributed by atoms with E-state index in [0.29, 0.717) is 0 Å². The van der Waals surface area contributed by atoms with E-state index in [1.807, 2.05) is 24.3 Å². The van der Waals surface area contributed by atoms with Crippen LogP contribution in [-0.2, 0) is 40.4 Å². The van der Waals surface area contributed by atoms with Gasteiger partial charge in [-0.05, 0) is 6.04 Å². The Morgan fingerprint density at radius 3 is 1.00 bits per heavy atom. The average Bonchev–Trinajstić information content (AvgIpc) is 2.92. The molecule has 1 aromatic carbocycles. The standard InChI is InChI=1S/C9H15O3Si.3C4H11Si.Pt/c1-10-13(11-2,12-3)8-9-6-4-5-7-9;3*1-5(2,3)4;/h4-7H,8H2,1-3H3;3*1H2,2-4H3;/q4*-1;+4. The number of rotatable bonds is 5. The zero-order chi connectivity index (χ0) is 23.2. The van der Waals surface area contributed by atoms with Gasteiger partial charge in [0.15, 0.2) is 0 Å². The molecule has 8 heteroatoms. The van der Waals surface area contributed by atoms with Crippen LogP contribution in [0.25, 0.3) is 0 Å². The van der Waals surface area contributed by atoms with E-state index >= 15 is 0 Å². The average molecular weight is 656 g/mol. The van der Waals surface area contributed by atoms with Crippen molar-refractivity contribution in [2.24, 2.45) is 0 Å². The van der Waals surface area contributed by atoms with Gasteiger partial charge >= 0.3 is 29.9 Å². The molecule has 0 spiro atoms. The normalized spacial score (nSPS) is 11.6. The van der Waals surface area contributed by atoms with Gasteiger partial charge in [0.25, 0.3) is 0 Å². The van der Waals surface area contributed by atoms with E-state index in [4.69, 9.17) is 13.3 Å². The van der Waals surface area contributed by atoms with E-state index in [9.17, 15) is 0 Å². The minimum atomic E-state index is -2.42. The molecule has 0 saturated heterocycles. The maximum Gasteiger partial charge on any atom is 4.00 e. The molecule has 0 unspecified atom stereocenters. The summed E-state index contributed by atoms with van der Waals surface area (Å²) in [6, 6.07) is 8.80. The van der Waals surface area contributed by atoms with Gasteiger partial charge in [-0.1, -0.05) is 58.9 Å². The molecule has 0 N–H and O–H groups in total. The number of hydrogen-bond donors (Lipinski definition) is 0. The van der Waals surface area contributed by atoms with Crippen molar-refractivity contribution in [3.8, 4) is 0 Å². The Labute approximate surface area is 202 Å². The van der Waals surface area contributed by atoms with Gasteiger partial charge in [0.1, 0.15) is 0 Å². The van der Waals surface area contributed by atoms with Crippen molar-refractivity contribution in [1.82, 2.24) is 0 Å². The van der Waals surface area contributed by atoms with Gasteiger partial charge in [0, 0.05) is 21.3 Å². The third kappa shape index (κ3) is 43.5. The molecule has 3 nitrogen and oxygen atoms in total. The van der Waals surface area contributed by atoms with Gasteiger partial charge in [-0.25, -0.2) is 12.1 Å². The van der Waals surface area contributed by atoms with Crippen LogP contribution in [0.3, 0.4) is 0 Å². The zero-order valence-corrected chi connectivity index (χ0v) is 27.5. The first-order valence-corrected chi connectivity index (χ1v) is 22.7. The van der Waals surface area contributed by atoms with E-state index in [1.54, 1.807) is 21.3 Å². The monoisotopic (exact) mass is 655 g/mol. The Kier molecular flexibility index (Phi) is 22.2. The van der Waals surface area contributed by atoms with Crippen LogP contribution in [0, 0.1) is 19.6 Å².